The largest absolute Gasteiger partial charge is 0.380 e. The van der Waals surface area contributed by atoms with Crippen LogP contribution in [0.5, 0.6) is 0 Å². The van der Waals surface area contributed by atoms with Gasteiger partial charge < -0.3 is 14.9 Å². The van der Waals surface area contributed by atoms with Crippen LogP contribution in [0.4, 0.5) is 10.1 Å². The van der Waals surface area contributed by atoms with Gasteiger partial charge in [-0.1, -0.05) is 0 Å². The first-order valence-electron chi connectivity index (χ1n) is 8.48. The highest BCUT2D eigenvalue weighted by Crippen LogP contribution is 2.32. The van der Waals surface area contributed by atoms with Crippen molar-refractivity contribution >= 4 is 17.4 Å². The second kappa shape index (κ2) is 6.51. The van der Waals surface area contributed by atoms with Gasteiger partial charge in [-0.15, -0.1) is 0 Å². The SMILES string of the molecule is CC(=O)c1ccc(N2CCN(C(=O)C3(O)CCCC3)CC2)c(F)c1. The van der Waals surface area contributed by atoms with E-state index < -0.39 is 11.4 Å². The minimum Gasteiger partial charge on any atom is -0.380 e. The van der Waals surface area contributed by atoms with Crippen molar-refractivity contribution in [3.8, 4) is 0 Å². The van der Waals surface area contributed by atoms with E-state index in [4.69, 9.17) is 0 Å². The molecule has 1 aromatic rings. The monoisotopic (exact) mass is 334 g/mol. The van der Waals surface area contributed by atoms with Crippen LogP contribution in [0.15, 0.2) is 18.2 Å². The molecule has 1 N–H and O–H groups in total. The first kappa shape index (κ1) is 16.9. The van der Waals surface area contributed by atoms with Gasteiger partial charge in [-0.3, -0.25) is 9.59 Å². The van der Waals surface area contributed by atoms with Crippen molar-refractivity contribution in [2.45, 2.75) is 38.2 Å². The Morgan fingerprint density at radius 3 is 2.29 bits per heavy atom. The zero-order valence-electron chi connectivity index (χ0n) is 13.9. The molecule has 6 heteroatoms. The van der Waals surface area contributed by atoms with Gasteiger partial charge in [0.1, 0.15) is 11.4 Å². The molecule has 0 aromatic heterocycles. The number of hydrogen-bond donors (Lipinski definition) is 1. The molecule has 0 spiro atoms. The van der Waals surface area contributed by atoms with E-state index in [1.165, 1.54) is 13.0 Å². The molecule has 1 aliphatic carbocycles. The summed E-state index contributed by atoms with van der Waals surface area (Å²) in [4.78, 5) is 27.4. The first-order valence-corrected chi connectivity index (χ1v) is 8.48. The van der Waals surface area contributed by atoms with Crippen molar-refractivity contribution in [3.05, 3.63) is 29.6 Å². The second-order valence-electron chi connectivity index (χ2n) is 6.74. The summed E-state index contributed by atoms with van der Waals surface area (Å²) in [5, 5.41) is 10.4. The highest BCUT2D eigenvalue weighted by molar-refractivity contribution is 5.94. The van der Waals surface area contributed by atoms with Crippen LogP contribution in [0.1, 0.15) is 43.0 Å². The summed E-state index contributed by atoms with van der Waals surface area (Å²) >= 11 is 0. The molecule has 0 atom stereocenters. The summed E-state index contributed by atoms with van der Waals surface area (Å²) in [5.41, 5.74) is -0.392. The molecule has 0 radical (unpaired) electrons. The van der Waals surface area contributed by atoms with Gasteiger partial charge >= 0.3 is 0 Å². The molecular weight excluding hydrogens is 311 g/mol. The van der Waals surface area contributed by atoms with E-state index in [0.29, 0.717) is 50.3 Å². The number of anilines is 1. The van der Waals surface area contributed by atoms with E-state index >= 15 is 0 Å². The lowest BCUT2D eigenvalue weighted by atomic mass is 10.00. The number of nitrogens with zero attached hydrogens (tertiary/aromatic N) is 2. The summed E-state index contributed by atoms with van der Waals surface area (Å²) < 4.78 is 14.2. The fourth-order valence-electron chi connectivity index (χ4n) is 3.60. The molecule has 1 saturated heterocycles. The number of carbonyl (C=O) groups is 2. The number of ketones is 1. The average Bonchev–Trinajstić information content (AvgIpc) is 3.02. The lowest BCUT2D eigenvalue weighted by Crippen LogP contribution is -2.55. The maximum absolute atomic E-state index is 14.2. The molecule has 24 heavy (non-hydrogen) atoms. The van der Waals surface area contributed by atoms with Gasteiger partial charge in [-0.05, 0) is 50.8 Å². The van der Waals surface area contributed by atoms with Crippen LogP contribution in [0.2, 0.25) is 0 Å². The van der Waals surface area contributed by atoms with Crippen molar-refractivity contribution in [1.29, 1.82) is 0 Å². The third-order valence-electron chi connectivity index (χ3n) is 5.09. The summed E-state index contributed by atoms with van der Waals surface area (Å²) in [6, 6.07) is 4.50. The number of carbonyl (C=O) groups excluding carboxylic acids is 2. The minimum absolute atomic E-state index is 0.166. The Labute approximate surface area is 141 Å². The molecule has 2 fully saturated rings. The maximum atomic E-state index is 14.2. The highest BCUT2D eigenvalue weighted by Gasteiger charge is 2.42. The second-order valence-corrected chi connectivity index (χ2v) is 6.74. The summed E-state index contributed by atoms with van der Waals surface area (Å²) in [5.74, 6) is -0.773. The molecule has 0 unspecified atom stereocenters. The molecule has 0 bridgehead atoms. The molecule has 5 nitrogen and oxygen atoms in total. The Morgan fingerprint density at radius 2 is 1.75 bits per heavy atom. The summed E-state index contributed by atoms with van der Waals surface area (Å²) in [7, 11) is 0. The Kier molecular flexibility index (Phi) is 4.58. The topological polar surface area (TPSA) is 60.9 Å². The Bertz CT molecular complexity index is 648. The number of Topliss-reactive ketones (excluding diaryl/α,β-unsaturated/α-hetero) is 1. The Hall–Kier alpha value is -1.95. The first-order chi connectivity index (χ1) is 11.4. The zero-order chi connectivity index (χ0) is 17.3. The molecule has 1 heterocycles. The molecule has 2 aliphatic rings. The van der Waals surface area contributed by atoms with Crippen LogP contribution in [0.25, 0.3) is 0 Å². The number of halogens is 1. The van der Waals surface area contributed by atoms with E-state index in [1.807, 2.05) is 4.90 Å². The van der Waals surface area contributed by atoms with Crippen LogP contribution in [0.3, 0.4) is 0 Å². The normalized spacial score (nSPS) is 20.3. The van der Waals surface area contributed by atoms with E-state index in [1.54, 1.807) is 17.0 Å². The van der Waals surface area contributed by atoms with Crippen molar-refractivity contribution in [3.63, 3.8) is 0 Å². The molecule has 1 aromatic carbocycles. The van der Waals surface area contributed by atoms with Gasteiger partial charge in [-0.2, -0.15) is 0 Å². The van der Waals surface area contributed by atoms with Gasteiger partial charge in [0.05, 0.1) is 5.69 Å². The molecule has 130 valence electrons. The standard InChI is InChI=1S/C18H23FN2O3/c1-13(22)14-4-5-16(15(19)12-14)20-8-10-21(11-9-20)17(23)18(24)6-2-3-7-18/h4-5,12,24H,2-3,6-11H2,1H3. The Morgan fingerprint density at radius 1 is 1.12 bits per heavy atom. The van der Waals surface area contributed by atoms with Crippen molar-refractivity contribution in [2.75, 3.05) is 31.1 Å². The number of hydrogen-bond acceptors (Lipinski definition) is 4. The Balaban J connectivity index is 1.65. The number of benzene rings is 1. The smallest absolute Gasteiger partial charge is 0.254 e. The molecular formula is C18H23FN2O3. The van der Waals surface area contributed by atoms with Crippen molar-refractivity contribution in [1.82, 2.24) is 4.90 Å². The zero-order valence-corrected chi connectivity index (χ0v) is 13.9. The number of amides is 1. The van der Waals surface area contributed by atoms with Crippen LogP contribution >= 0.6 is 0 Å². The minimum atomic E-state index is -1.20. The lowest BCUT2D eigenvalue weighted by Gasteiger charge is -2.39. The molecule has 1 amide bonds. The predicted octanol–water partition coefficient (Wildman–Crippen LogP) is 1.98. The highest BCUT2D eigenvalue weighted by atomic mass is 19.1. The van der Waals surface area contributed by atoms with E-state index in [-0.39, 0.29) is 11.7 Å². The van der Waals surface area contributed by atoms with Crippen LogP contribution in [-0.2, 0) is 4.79 Å². The maximum Gasteiger partial charge on any atom is 0.254 e. The van der Waals surface area contributed by atoms with Gasteiger partial charge in [0, 0.05) is 31.7 Å². The number of rotatable bonds is 3. The molecule has 1 saturated carbocycles. The van der Waals surface area contributed by atoms with Gasteiger partial charge in [0.2, 0.25) is 0 Å². The number of aliphatic hydroxyl groups is 1. The molecule has 3 rings (SSSR count). The molecule has 1 aliphatic heterocycles. The van der Waals surface area contributed by atoms with Crippen molar-refractivity contribution in [2.24, 2.45) is 0 Å². The third-order valence-corrected chi connectivity index (χ3v) is 5.09. The average molecular weight is 334 g/mol. The fraction of sp³-hybridized carbons (Fsp3) is 0.556. The quantitative estimate of drug-likeness (QED) is 0.859. The van der Waals surface area contributed by atoms with Crippen LogP contribution in [0, 0.1) is 5.82 Å². The summed E-state index contributed by atoms with van der Waals surface area (Å²) in [6.45, 7) is 3.37. The van der Waals surface area contributed by atoms with E-state index in [0.717, 1.165) is 12.8 Å². The third kappa shape index (κ3) is 3.15. The van der Waals surface area contributed by atoms with E-state index in [2.05, 4.69) is 0 Å². The van der Waals surface area contributed by atoms with Crippen LogP contribution in [-0.4, -0.2) is 53.5 Å². The predicted molar refractivity (Wildman–Crippen MR) is 88.6 cm³/mol. The number of piperazine rings is 1. The van der Waals surface area contributed by atoms with Crippen molar-refractivity contribution < 1.29 is 19.1 Å². The van der Waals surface area contributed by atoms with Gasteiger partial charge in [0.15, 0.2) is 5.78 Å². The lowest BCUT2D eigenvalue weighted by molar-refractivity contribution is -0.151. The van der Waals surface area contributed by atoms with E-state index in [9.17, 15) is 19.1 Å². The van der Waals surface area contributed by atoms with Gasteiger partial charge in [0.25, 0.3) is 5.91 Å². The van der Waals surface area contributed by atoms with Crippen LogP contribution < -0.4 is 4.90 Å². The fourth-order valence-corrected chi connectivity index (χ4v) is 3.60. The summed E-state index contributed by atoms with van der Waals surface area (Å²) in [6.07, 6.45) is 2.84. The van der Waals surface area contributed by atoms with Gasteiger partial charge in [-0.25, -0.2) is 4.39 Å².